The van der Waals surface area contributed by atoms with Crippen LogP contribution in [0.15, 0.2) is 180 Å². The van der Waals surface area contributed by atoms with Crippen molar-refractivity contribution in [2.45, 2.75) is 24.1 Å². The second kappa shape index (κ2) is 17.3. The van der Waals surface area contributed by atoms with Gasteiger partial charge in [0.2, 0.25) is 5.71 Å². The summed E-state index contributed by atoms with van der Waals surface area (Å²) in [6.45, 7) is -2.18. The summed E-state index contributed by atoms with van der Waals surface area (Å²) in [6, 6.07) is 60.1. The van der Waals surface area contributed by atoms with Gasteiger partial charge in [-0.1, -0.05) is 108 Å². The van der Waals surface area contributed by atoms with Crippen LogP contribution in [0.1, 0.15) is 9.68 Å². The molecule has 0 aliphatic heterocycles. The Balaban J connectivity index is 0.000000273. The van der Waals surface area contributed by atoms with E-state index in [2.05, 4.69) is 51.1 Å². The molecule has 0 atom stereocenters. The van der Waals surface area contributed by atoms with Crippen molar-refractivity contribution < 1.29 is 33.0 Å². The van der Waals surface area contributed by atoms with E-state index in [-0.39, 0.29) is 31.5 Å². The molecule has 11 aromatic rings. The number of para-hydroxylation sites is 2. The Bertz CT molecular complexity index is 3520. The first-order chi connectivity index (χ1) is 31.4. The molecule has 309 valence electrons. The molecule has 4 heterocycles. The van der Waals surface area contributed by atoms with Crippen molar-refractivity contribution in [1.82, 2.24) is 19.5 Å². The Labute approximate surface area is 386 Å². The molecule has 0 aliphatic carbocycles. The number of aryl methyl sites for hydroxylation is 1. The predicted octanol–water partition coefficient (Wildman–Crippen LogP) is 13.8. The first-order valence-electron chi connectivity index (χ1n) is 22.0. The number of aromatic nitrogens is 4. The topological polar surface area (TPSA) is 56.7 Å². The van der Waals surface area contributed by atoms with E-state index in [9.17, 15) is 0 Å². The molecule has 11 rings (SSSR count). The maximum atomic E-state index is 15.8. The number of imidazole rings is 1. The van der Waals surface area contributed by atoms with Crippen molar-refractivity contribution in [3.8, 4) is 50.7 Å². The van der Waals surface area contributed by atoms with E-state index in [4.69, 9.17) is 18.5 Å². The van der Waals surface area contributed by atoms with E-state index in [1.807, 2.05) is 128 Å². The van der Waals surface area contributed by atoms with Crippen LogP contribution in [0.25, 0.3) is 94.6 Å². The van der Waals surface area contributed by atoms with Gasteiger partial charge in [0.05, 0.1) is 33.8 Å². The molecule has 0 fully saturated rings. The van der Waals surface area contributed by atoms with Crippen LogP contribution in [-0.4, -0.2) is 32.8 Å². The molecule has 5 nitrogen and oxygen atoms in total. The summed E-state index contributed by atoms with van der Waals surface area (Å²) < 4.78 is 48.9. The minimum Gasteiger partial charge on any atom is 0 e. The van der Waals surface area contributed by atoms with Crippen molar-refractivity contribution >= 4 is 61.5 Å². The van der Waals surface area contributed by atoms with Gasteiger partial charge < -0.3 is 8.98 Å². The average Bonchev–Trinajstić information content (AvgIpc) is 3.90. The summed E-state index contributed by atoms with van der Waals surface area (Å²) in [5, 5.41) is 2.94. The van der Waals surface area contributed by atoms with Gasteiger partial charge in [-0.15, -0.1) is 18.2 Å². The number of pyridine rings is 2. The van der Waals surface area contributed by atoms with Gasteiger partial charge in [-0.05, 0) is 42.7 Å². The fraction of sp³-hybridized carbons (Fsp3) is 0.0727. The largest absolute Gasteiger partial charge is 0 e. The molecule has 63 heavy (non-hydrogen) atoms. The summed E-state index contributed by atoms with van der Waals surface area (Å²) in [5.41, 5.74) is 9.47. The Hall–Kier alpha value is -6.51. The number of halogens is 1. The van der Waals surface area contributed by atoms with E-state index < -0.39 is 20.1 Å². The fourth-order valence-corrected chi connectivity index (χ4v) is 10.1. The Morgan fingerprint density at radius 1 is 0.651 bits per heavy atom. The Morgan fingerprint density at radius 3 is 2.14 bits per heavy atom. The van der Waals surface area contributed by atoms with Gasteiger partial charge in [0, 0.05) is 51.5 Å². The third kappa shape index (κ3) is 8.04. The molecule has 0 amide bonds. The van der Waals surface area contributed by atoms with Gasteiger partial charge in [0.15, 0.2) is 0 Å². The molecule has 0 saturated heterocycles. The van der Waals surface area contributed by atoms with Gasteiger partial charge in [-0.3, -0.25) is 4.98 Å². The van der Waals surface area contributed by atoms with E-state index in [1.54, 1.807) is 36.4 Å². The quantitative estimate of drug-likeness (QED) is 0.123. The Morgan fingerprint density at radius 2 is 1.40 bits per heavy atom. The summed E-state index contributed by atoms with van der Waals surface area (Å²) in [6.07, 6.45) is 2.04. The average molecular weight is 1060 g/mol. The molecule has 0 aliphatic rings. The second-order valence-electron chi connectivity index (χ2n) is 16.2. The minimum atomic E-state index is -2.18. The summed E-state index contributed by atoms with van der Waals surface area (Å²) in [5.74, 6) is 7.44. The number of fused-ring (bicyclic) bond motifs is 5. The zero-order valence-corrected chi connectivity index (χ0v) is 39.1. The summed E-state index contributed by atoms with van der Waals surface area (Å²) in [4.78, 5) is 14.5. The molecule has 1 radical (unpaired) electrons. The van der Waals surface area contributed by atoms with Gasteiger partial charge in [0.1, 0.15) is 5.82 Å². The van der Waals surface area contributed by atoms with E-state index in [1.165, 1.54) is 4.40 Å². The van der Waals surface area contributed by atoms with E-state index >= 15 is 4.39 Å². The van der Waals surface area contributed by atoms with Crippen molar-refractivity contribution in [1.29, 1.82) is 0 Å². The molecular formula is C55H41FGeIrN4O-2. The number of hydrogen-bond acceptors (Lipinski definition) is 4. The van der Waals surface area contributed by atoms with Gasteiger partial charge >= 0.3 is 99.8 Å². The van der Waals surface area contributed by atoms with Gasteiger partial charge in [-0.2, -0.15) is 0 Å². The standard InChI is InChI=1S/C41H25FN3O.C14H16GeN.Ir/c1-25-18-20-27(21-19-25)35-23-22-31-30-14-9-15-32(39(30)46-41(31)44-35)40-43-36-16-7-8-17-37(36)45(40)38-29-13-6-5-12-28(29)34(42)24-33(38)26-10-3-2-4-11-26;1-15(2,3)13-9-10-14(16-11-13)12-7-5-4-6-8-12;/h2-14,16-24H,1H3;4-7,9-11H,1-3H3;/q2*-1;/i1D3;;. The van der Waals surface area contributed by atoms with Crippen LogP contribution in [0.4, 0.5) is 4.39 Å². The maximum Gasteiger partial charge on any atom is 0 e. The smallest absolute Gasteiger partial charge is 0 e. The van der Waals surface area contributed by atoms with Crippen LogP contribution in [0, 0.1) is 24.8 Å². The van der Waals surface area contributed by atoms with Crippen LogP contribution >= 0.6 is 0 Å². The zero-order valence-electron chi connectivity index (χ0n) is 37.7. The normalized spacial score (nSPS) is 12.3. The third-order valence-corrected chi connectivity index (χ3v) is 15.4. The van der Waals surface area contributed by atoms with E-state index in [0.29, 0.717) is 33.8 Å². The van der Waals surface area contributed by atoms with Crippen LogP contribution in [0.3, 0.4) is 0 Å². The minimum absolute atomic E-state index is 0. The van der Waals surface area contributed by atoms with Crippen molar-refractivity contribution in [3.05, 3.63) is 200 Å². The molecule has 0 N–H and O–H groups in total. The molecule has 0 spiro atoms. The van der Waals surface area contributed by atoms with Crippen molar-refractivity contribution in [2.75, 3.05) is 0 Å². The van der Waals surface area contributed by atoms with E-state index in [0.717, 1.165) is 60.8 Å². The molecular weight excluding hydrogens is 1020 g/mol. The number of rotatable bonds is 6. The summed E-state index contributed by atoms with van der Waals surface area (Å²) >= 11 is -1.72. The SMILES string of the molecule is [2H]C([2H])([2H])c1ccc(-c2ccc3c(n2)oc2c(-c4nc5ccccc5n4-c4c(-c5ccccc5)cc(F)c5ccccc45)[c-]ccc23)cc1.[CH3][Ge]([CH3])([CH3])[c]1ccc(-c2[c-]cccc2)nc1.[Ir]. The first kappa shape index (κ1) is 38.2. The number of benzene rings is 7. The van der Waals surface area contributed by atoms with Crippen LogP contribution in [0.2, 0.25) is 17.3 Å². The first-order valence-corrected chi connectivity index (χ1v) is 27.8. The number of furan rings is 1. The molecule has 0 bridgehead atoms. The zero-order chi connectivity index (χ0) is 44.9. The molecule has 0 saturated carbocycles. The van der Waals surface area contributed by atoms with Gasteiger partial charge in [-0.25, -0.2) is 9.37 Å². The van der Waals surface area contributed by atoms with Crippen molar-refractivity contribution in [2.24, 2.45) is 0 Å². The number of nitrogens with zero attached hydrogens (tertiary/aromatic N) is 4. The van der Waals surface area contributed by atoms with Crippen LogP contribution in [-0.2, 0) is 20.1 Å². The van der Waals surface area contributed by atoms with Crippen molar-refractivity contribution in [3.63, 3.8) is 0 Å². The Kier molecular flexibility index (Phi) is 10.5. The fourth-order valence-electron chi connectivity index (χ4n) is 7.95. The van der Waals surface area contributed by atoms with Crippen LogP contribution in [0.5, 0.6) is 0 Å². The maximum absolute atomic E-state index is 15.8. The molecule has 7 aromatic carbocycles. The molecule has 4 aromatic heterocycles. The predicted molar refractivity (Wildman–Crippen MR) is 255 cm³/mol. The van der Waals surface area contributed by atoms with Gasteiger partial charge in [0.25, 0.3) is 0 Å². The molecule has 0 unspecified atom stereocenters. The molecule has 8 heteroatoms. The number of hydrogen-bond donors (Lipinski definition) is 0. The second-order valence-corrected chi connectivity index (χ2v) is 26.9. The van der Waals surface area contributed by atoms with Crippen LogP contribution < -0.4 is 4.40 Å². The monoisotopic (exact) mass is 1060 g/mol. The third-order valence-electron chi connectivity index (χ3n) is 11.2. The summed E-state index contributed by atoms with van der Waals surface area (Å²) in [7, 11) is 0.